The summed E-state index contributed by atoms with van der Waals surface area (Å²) in [6.45, 7) is 6.31. The van der Waals surface area contributed by atoms with Crippen molar-refractivity contribution in [2.45, 2.75) is 26.8 Å². The number of hydrogen-bond donors (Lipinski definition) is 0. The summed E-state index contributed by atoms with van der Waals surface area (Å²) in [5, 5.41) is 0. The first-order valence-electron chi connectivity index (χ1n) is 8.50. The topological polar surface area (TPSA) is 23.6 Å². The quantitative estimate of drug-likeness (QED) is 0.830. The van der Waals surface area contributed by atoms with E-state index in [2.05, 4.69) is 49.9 Å². The summed E-state index contributed by atoms with van der Waals surface area (Å²) in [5.74, 6) is 0.429. The van der Waals surface area contributed by atoms with Gasteiger partial charge in [0.05, 0.1) is 6.04 Å². The van der Waals surface area contributed by atoms with Crippen molar-refractivity contribution in [1.29, 1.82) is 0 Å². The highest BCUT2D eigenvalue weighted by Crippen LogP contribution is 2.50. The van der Waals surface area contributed by atoms with E-state index in [1.54, 1.807) is 0 Å². The fourth-order valence-corrected chi connectivity index (χ4v) is 3.52. The molecule has 0 bridgehead atoms. The van der Waals surface area contributed by atoms with E-state index in [1.165, 1.54) is 11.3 Å². The van der Waals surface area contributed by atoms with Gasteiger partial charge < -0.3 is 9.80 Å². The highest BCUT2D eigenvalue weighted by Gasteiger charge is 2.52. The first kappa shape index (κ1) is 16.6. The van der Waals surface area contributed by atoms with Gasteiger partial charge in [0.1, 0.15) is 0 Å². The molecule has 0 N–H and O–H groups in total. The van der Waals surface area contributed by atoms with Crippen molar-refractivity contribution in [2.24, 2.45) is 11.3 Å². The molecule has 3 rings (SSSR count). The minimum atomic E-state index is -0.374. The molecule has 126 valence electrons. The minimum absolute atomic E-state index is 0.0612. The Morgan fingerprint density at radius 2 is 1.54 bits per heavy atom. The Balaban J connectivity index is 2.06. The number of amides is 1. The Bertz CT molecular complexity index is 719. The average molecular weight is 322 g/mol. The molecule has 24 heavy (non-hydrogen) atoms. The molecule has 1 heterocycles. The van der Waals surface area contributed by atoms with Crippen LogP contribution in [0.1, 0.15) is 32.4 Å². The smallest absolute Gasteiger partial charge is 0.233 e. The van der Waals surface area contributed by atoms with Gasteiger partial charge >= 0.3 is 0 Å². The molecule has 0 saturated carbocycles. The number of hydrogen-bond acceptors (Lipinski definition) is 2. The normalized spacial score (nSPS) is 22.7. The van der Waals surface area contributed by atoms with Gasteiger partial charge in [-0.3, -0.25) is 4.79 Å². The molecular weight excluding hydrogens is 296 g/mol. The van der Waals surface area contributed by atoms with Crippen molar-refractivity contribution in [3.05, 3.63) is 60.2 Å². The molecule has 2 aromatic carbocycles. The lowest BCUT2D eigenvalue weighted by Gasteiger charge is -2.28. The highest BCUT2D eigenvalue weighted by atomic mass is 16.2. The predicted octanol–water partition coefficient (Wildman–Crippen LogP) is 4.50. The molecule has 3 nitrogen and oxygen atoms in total. The molecule has 3 heteroatoms. The van der Waals surface area contributed by atoms with Crippen molar-refractivity contribution in [2.75, 3.05) is 23.9 Å². The van der Waals surface area contributed by atoms with E-state index in [0.717, 1.165) is 5.69 Å². The van der Waals surface area contributed by atoms with Crippen LogP contribution in [0.2, 0.25) is 0 Å². The van der Waals surface area contributed by atoms with Gasteiger partial charge in [-0.05, 0) is 35.7 Å². The zero-order chi connectivity index (χ0) is 17.5. The molecule has 0 unspecified atom stereocenters. The van der Waals surface area contributed by atoms with Crippen LogP contribution in [0.15, 0.2) is 54.6 Å². The molecule has 0 aliphatic carbocycles. The number of carbonyl (C=O) groups excluding carboxylic acids is 1. The lowest BCUT2D eigenvalue weighted by molar-refractivity contribution is -0.125. The van der Waals surface area contributed by atoms with E-state index in [4.69, 9.17) is 0 Å². The molecule has 1 amide bonds. The maximum absolute atomic E-state index is 13.1. The molecule has 1 aliphatic heterocycles. The van der Waals surface area contributed by atoms with Gasteiger partial charge in [-0.2, -0.15) is 0 Å². The molecule has 0 aromatic heterocycles. The van der Waals surface area contributed by atoms with Crippen LogP contribution < -0.4 is 9.80 Å². The largest absolute Gasteiger partial charge is 0.378 e. The summed E-state index contributed by atoms with van der Waals surface area (Å²) in [7, 11) is 4.08. The molecule has 2 aromatic rings. The highest BCUT2D eigenvalue weighted by molar-refractivity contribution is 6.00. The minimum Gasteiger partial charge on any atom is -0.378 e. The summed E-state index contributed by atoms with van der Waals surface area (Å²) in [6, 6.07) is 18.6. The Morgan fingerprint density at radius 1 is 0.958 bits per heavy atom. The summed E-state index contributed by atoms with van der Waals surface area (Å²) in [4.78, 5) is 17.2. The fourth-order valence-electron chi connectivity index (χ4n) is 3.52. The van der Waals surface area contributed by atoms with Crippen LogP contribution in [0, 0.1) is 11.3 Å². The first-order valence-corrected chi connectivity index (χ1v) is 8.50. The summed E-state index contributed by atoms with van der Waals surface area (Å²) in [5.41, 5.74) is 2.96. The second-order valence-corrected chi connectivity index (χ2v) is 7.45. The Labute approximate surface area is 144 Å². The van der Waals surface area contributed by atoms with Gasteiger partial charge in [0, 0.05) is 30.9 Å². The Hall–Kier alpha value is -2.29. The zero-order valence-electron chi connectivity index (χ0n) is 15.2. The third-order valence-electron chi connectivity index (χ3n) is 5.45. The van der Waals surface area contributed by atoms with Crippen molar-refractivity contribution in [3.63, 3.8) is 0 Å². The van der Waals surface area contributed by atoms with Gasteiger partial charge in [0.25, 0.3) is 0 Å². The van der Waals surface area contributed by atoms with Crippen LogP contribution in [-0.2, 0) is 4.79 Å². The Morgan fingerprint density at radius 3 is 2.08 bits per heavy atom. The molecular formula is C21H26N2O. The van der Waals surface area contributed by atoms with Crippen LogP contribution >= 0.6 is 0 Å². The lowest BCUT2D eigenvalue weighted by atomic mass is 9.78. The van der Waals surface area contributed by atoms with E-state index in [9.17, 15) is 4.79 Å². The van der Waals surface area contributed by atoms with Crippen LogP contribution in [0.25, 0.3) is 0 Å². The maximum Gasteiger partial charge on any atom is 0.233 e. The molecule has 1 aliphatic rings. The summed E-state index contributed by atoms with van der Waals surface area (Å²) in [6.07, 6.45) is 0. The van der Waals surface area contributed by atoms with Crippen LogP contribution in [-0.4, -0.2) is 20.0 Å². The van der Waals surface area contributed by atoms with Crippen molar-refractivity contribution >= 4 is 17.3 Å². The van der Waals surface area contributed by atoms with Crippen LogP contribution in [0.3, 0.4) is 0 Å². The molecule has 0 radical (unpaired) electrons. The average Bonchev–Trinajstić information content (AvgIpc) is 2.76. The van der Waals surface area contributed by atoms with E-state index < -0.39 is 0 Å². The van der Waals surface area contributed by atoms with Crippen molar-refractivity contribution < 1.29 is 4.79 Å². The van der Waals surface area contributed by atoms with Crippen molar-refractivity contribution in [1.82, 2.24) is 0 Å². The van der Waals surface area contributed by atoms with Gasteiger partial charge in [0.2, 0.25) is 5.91 Å². The van der Waals surface area contributed by atoms with Gasteiger partial charge in [-0.1, -0.05) is 51.1 Å². The van der Waals surface area contributed by atoms with Crippen LogP contribution in [0.4, 0.5) is 11.4 Å². The number of anilines is 2. The summed E-state index contributed by atoms with van der Waals surface area (Å²) >= 11 is 0. The van der Waals surface area contributed by atoms with E-state index in [1.807, 2.05) is 49.3 Å². The molecule has 1 fully saturated rings. The van der Waals surface area contributed by atoms with Crippen LogP contribution in [0.5, 0.6) is 0 Å². The first-order chi connectivity index (χ1) is 11.3. The van der Waals surface area contributed by atoms with E-state index in [0.29, 0.717) is 0 Å². The molecule has 2 atom stereocenters. The van der Waals surface area contributed by atoms with Gasteiger partial charge in [-0.15, -0.1) is 0 Å². The SMILES string of the molecule is C[C@H]1[C@H](c2ccc(N(C)C)cc2)N(c2ccccc2)C(=O)C1(C)C. The number of nitrogens with zero attached hydrogens (tertiary/aromatic N) is 2. The zero-order valence-corrected chi connectivity index (χ0v) is 15.2. The monoisotopic (exact) mass is 322 g/mol. The molecule has 0 spiro atoms. The number of benzene rings is 2. The predicted molar refractivity (Wildman–Crippen MR) is 100 cm³/mol. The third-order valence-corrected chi connectivity index (χ3v) is 5.45. The standard InChI is InChI=1S/C21H26N2O/c1-15-19(16-11-13-17(14-12-16)22(4)5)23(20(24)21(15,2)3)18-9-7-6-8-10-18/h6-15,19H,1-5H3/t15-,19+/m0/s1. The lowest BCUT2D eigenvalue weighted by Crippen LogP contribution is -2.32. The van der Waals surface area contributed by atoms with Crippen molar-refractivity contribution in [3.8, 4) is 0 Å². The van der Waals surface area contributed by atoms with Gasteiger partial charge in [-0.25, -0.2) is 0 Å². The van der Waals surface area contributed by atoms with E-state index >= 15 is 0 Å². The third kappa shape index (κ3) is 2.58. The Kier molecular flexibility index (Phi) is 4.12. The molecule has 1 saturated heterocycles. The number of para-hydroxylation sites is 1. The van der Waals surface area contributed by atoms with Gasteiger partial charge in [0.15, 0.2) is 0 Å². The van der Waals surface area contributed by atoms with E-state index in [-0.39, 0.29) is 23.3 Å². The second kappa shape index (κ2) is 5.97. The fraction of sp³-hybridized carbons (Fsp3) is 0.381. The maximum atomic E-state index is 13.1. The number of rotatable bonds is 3. The second-order valence-electron chi connectivity index (χ2n) is 7.45. The summed E-state index contributed by atoms with van der Waals surface area (Å²) < 4.78 is 0. The number of carbonyl (C=O) groups is 1.